The van der Waals surface area contributed by atoms with E-state index in [0.29, 0.717) is 11.9 Å². The minimum atomic E-state index is 0.520. The number of benzene rings is 1. The summed E-state index contributed by atoms with van der Waals surface area (Å²) in [6.45, 7) is 5.78. The highest BCUT2D eigenvalue weighted by Gasteiger charge is 1.97. The molecule has 3 N–H and O–H groups in total. The summed E-state index contributed by atoms with van der Waals surface area (Å²) < 4.78 is 5.18. The molecule has 0 radical (unpaired) electrons. The zero-order chi connectivity index (χ0) is 13.4. The zero-order valence-electron chi connectivity index (χ0n) is 11.4. The normalized spacial score (nSPS) is 11.7. The fourth-order valence-electron chi connectivity index (χ4n) is 1.50. The van der Waals surface area contributed by atoms with Crippen molar-refractivity contribution in [2.45, 2.75) is 20.3 Å². The maximum Gasteiger partial charge on any atom is 0.188 e. The van der Waals surface area contributed by atoms with Crippen molar-refractivity contribution in [2.24, 2.45) is 16.6 Å². The Hall–Kier alpha value is -1.71. The van der Waals surface area contributed by atoms with Gasteiger partial charge in [0.2, 0.25) is 0 Å². The molecule has 0 atom stereocenters. The Morgan fingerprint density at radius 3 is 2.89 bits per heavy atom. The van der Waals surface area contributed by atoms with Gasteiger partial charge in [-0.2, -0.15) is 0 Å². The Morgan fingerprint density at radius 2 is 2.22 bits per heavy atom. The number of nitrogens with two attached hydrogens (primary N) is 1. The number of methoxy groups -OCH3 is 1. The highest BCUT2D eigenvalue weighted by molar-refractivity contribution is 5.77. The van der Waals surface area contributed by atoms with Crippen molar-refractivity contribution in [1.82, 2.24) is 5.32 Å². The molecule has 0 saturated carbocycles. The molecule has 0 aliphatic carbocycles. The Balaban J connectivity index is 2.34. The molecule has 0 heterocycles. The lowest BCUT2D eigenvalue weighted by Gasteiger charge is -2.07. The Bertz CT molecular complexity index is 388. The smallest absolute Gasteiger partial charge is 0.188 e. The van der Waals surface area contributed by atoms with E-state index in [1.165, 1.54) is 5.56 Å². The van der Waals surface area contributed by atoms with Gasteiger partial charge in [0.25, 0.3) is 0 Å². The van der Waals surface area contributed by atoms with E-state index in [0.717, 1.165) is 25.3 Å². The van der Waals surface area contributed by atoms with Gasteiger partial charge >= 0.3 is 0 Å². The highest BCUT2D eigenvalue weighted by atomic mass is 16.5. The van der Waals surface area contributed by atoms with Crippen molar-refractivity contribution < 1.29 is 4.74 Å². The summed E-state index contributed by atoms with van der Waals surface area (Å²) in [6.07, 6.45) is 0.898. The topological polar surface area (TPSA) is 59.6 Å². The minimum absolute atomic E-state index is 0.520. The van der Waals surface area contributed by atoms with Crippen LogP contribution in [0.2, 0.25) is 0 Å². The molecular formula is C14H23N3O. The van der Waals surface area contributed by atoms with Crippen LogP contribution in [0.5, 0.6) is 5.75 Å². The highest BCUT2D eigenvalue weighted by Crippen LogP contribution is 2.12. The van der Waals surface area contributed by atoms with E-state index in [1.807, 2.05) is 18.2 Å². The summed E-state index contributed by atoms with van der Waals surface area (Å²) in [5.41, 5.74) is 6.98. The van der Waals surface area contributed by atoms with Gasteiger partial charge in [0.05, 0.1) is 7.11 Å². The van der Waals surface area contributed by atoms with Crippen molar-refractivity contribution in [2.75, 3.05) is 20.2 Å². The van der Waals surface area contributed by atoms with Crippen molar-refractivity contribution in [3.8, 4) is 5.75 Å². The summed E-state index contributed by atoms with van der Waals surface area (Å²) in [5.74, 6) is 1.93. The van der Waals surface area contributed by atoms with Crippen LogP contribution in [0.25, 0.3) is 0 Å². The third-order valence-electron chi connectivity index (χ3n) is 2.48. The fourth-order valence-corrected chi connectivity index (χ4v) is 1.50. The molecule has 4 heteroatoms. The number of nitrogens with zero attached hydrogens (tertiary/aromatic N) is 1. The molecule has 0 aliphatic heterocycles. The maximum atomic E-state index is 5.76. The quantitative estimate of drug-likeness (QED) is 0.597. The van der Waals surface area contributed by atoms with Crippen molar-refractivity contribution >= 4 is 5.96 Å². The minimum Gasteiger partial charge on any atom is -0.497 e. The van der Waals surface area contributed by atoms with Gasteiger partial charge in [-0.05, 0) is 30.0 Å². The fraction of sp³-hybridized carbons (Fsp3) is 0.500. The van der Waals surface area contributed by atoms with Crippen molar-refractivity contribution in [3.05, 3.63) is 29.8 Å². The Morgan fingerprint density at radius 1 is 1.44 bits per heavy atom. The average molecular weight is 249 g/mol. The van der Waals surface area contributed by atoms with Crippen LogP contribution >= 0.6 is 0 Å². The van der Waals surface area contributed by atoms with Crippen LogP contribution in [0, 0.1) is 5.92 Å². The second-order valence-corrected chi connectivity index (χ2v) is 4.65. The summed E-state index contributed by atoms with van der Waals surface area (Å²) >= 11 is 0. The largest absolute Gasteiger partial charge is 0.497 e. The molecule has 18 heavy (non-hydrogen) atoms. The molecule has 0 fully saturated rings. The SMILES string of the molecule is COc1cccc(CCNC(N)=NCC(C)C)c1. The molecule has 1 aromatic rings. The lowest BCUT2D eigenvalue weighted by atomic mass is 10.1. The molecule has 0 aromatic heterocycles. The summed E-state index contributed by atoms with van der Waals surface area (Å²) in [6, 6.07) is 8.04. The van der Waals surface area contributed by atoms with E-state index in [1.54, 1.807) is 7.11 Å². The van der Waals surface area contributed by atoms with E-state index in [4.69, 9.17) is 10.5 Å². The molecule has 4 nitrogen and oxygen atoms in total. The molecule has 1 rings (SSSR count). The van der Waals surface area contributed by atoms with Gasteiger partial charge in [-0.25, -0.2) is 0 Å². The number of rotatable bonds is 6. The Kier molecular flexibility index (Phi) is 6.05. The van der Waals surface area contributed by atoms with Gasteiger partial charge in [-0.3, -0.25) is 4.99 Å². The van der Waals surface area contributed by atoms with Gasteiger partial charge in [0, 0.05) is 13.1 Å². The van der Waals surface area contributed by atoms with Gasteiger partial charge in [0.15, 0.2) is 5.96 Å². The van der Waals surface area contributed by atoms with Crippen LogP contribution < -0.4 is 15.8 Å². The molecule has 100 valence electrons. The van der Waals surface area contributed by atoms with Gasteiger partial charge in [0.1, 0.15) is 5.75 Å². The van der Waals surface area contributed by atoms with Crippen LogP contribution in [0.15, 0.2) is 29.3 Å². The van der Waals surface area contributed by atoms with Crippen LogP contribution in [-0.4, -0.2) is 26.2 Å². The van der Waals surface area contributed by atoms with Crippen molar-refractivity contribution in [3.63, 3.8) is 0 Å². The zero-order valence-corrected chi connectivity index (χ0v) is 11.4. The first-order valence-corrected chi connectivity index (χ1v) is 6.28. The van der Waals surface area contributed by atoms with Crippen LogP contribution in [0.1, 0.15) is 19.4 Å². The number of hydrogen-bond donors (Lipinski definition) is 2. The van der Waals surface area contributed by atoms with E-state index >= 15 is 0 Å². The third-order valence-corrected chi connectivity index (χ3v) is 2.48. The lowest BCUT2D eigenvalue weighted by molar-refractivity contribution is 0.414. The van der Waals surface area contributed by atoms with E-state index in [-0.39, 0.29) is 0 Å². The van der Waals surface area contributed by atoms with E-state index in [2.05, 4.69) is 30.2 Å². The summed E-state index contributed by atoms with van der Waals surface area (Å²) in [7, 11) is 1.67. The van der Waals surface area contributed by atoms with Crippen LogP contribution in [0.4, 0.5) is 0 Å². The van der Waals surface area contributed by atoms with Crippen molar-refractivity contribution in [1.29, 1.82) is 0 Å². The Labute approximate surface area is 109 Å². The molecule has 0 bridgehead atoms. The van der Waals surface area contributed by atoms with Gasteiger partial charge in [-0.1, -0.05) is 26.0 Å². The first kappa shape index (κ1) is 14.4. The molecule has 0 unspecified atom stereocenters. The molecule has 0 spiro atoms. The lowest BCUT2D eigenvalue weighted by Crippen LogP contribution is -2.33. The second-order valence-electron chi connectivity index (χ2n) is 4.65. The molecule has 0 saturated heterocycles. The van der Waals surface area contributed by atoms with Gasteiger partial charge in [-0.15, -0.1) is 0 Å². The third kappa shape index (κ3) is 5.57. The number of guanidine groups is 1. The first-order valence-electron chi connectivity index (χ1n) is 6.28. The van der Waals surface area contributed by atoms with E-state index < -0.39 is 0 Å². The molecule has 0 aliphatic rings. The maximum absolute atomic E-state index is 5.76. The summed E-state index contributed by atoms with van der Waals surface area (Å²) in [4.78, 5) is 4.25. The monoisotopic (exact) mass is 249 g/mol. The average Bonchev–Trinajstić information content (AvgIpc) is 2.36. The number of ether oxygens (including phenoxy) is 1. The summed E-state index contributed by atoms with van der Waals surface area (Å²) in [5, 5.41) is 3.11. The van der Waals surface area contributed by atoms with Crippen LogP contribution in [0.3, 0.4) is 0 Å². The van der Waals surface area contributed by atoms with Gasteiger partial charge < -0.3 is 15.8 Å². The molecule has 0 amide bonds. The number of nitrogens with one attached hydrogen (secondary N) is 1. The predicted octanol–water partition coefficient (Wildman–Crippen LogP) is 1.80. The molecular weight excluding hydrogens is 226 g/mol. The van der Waals surface area contributed by atoms with Crippen LogP contribution in [-0.2, 0) is 6.42 Å². The standard InChI is InChI=1S/C14H23N3O/c1-11(2)10-17-14(15)16-8-7-12-5-4-6-13(9-12)18-3/h4-6,9,11H,7-8,10H2,1-3H3,(H3,15,16,17). The molecule has 1 aromatic carbocycles. The van der Waals surface area contributed by atoms with E-state index in [9.17, 15) is 0 Å². The number of hydrogen-bond acceptors (Lipinski definition) is 2. The first-order chi connectivity index (χ1) is 8.61. The predicted molar refractivity (Wildman–Crippen MR) is 76.0 cm³/mol. The second kappa shape index (κ2) is 7.58. The number of aliphatic imine (C=N–C) groups is 1.